The van der Waals surface area contributed by atoms with Gasteiger partial charge in [-0.05, 0) is 11.6 Å². The van der Waals surface area contributed by atoms with E-state index in [0.29, 0.717) is 5.69 Å². The number of amides is 1. The third kappa shape index (κ3) is 2.19. The molecule has 0 fully saturated rings. The molecule has 0 saturated carbocycles. The molecule has 1 amide bonds. The Morgan fingerprint density at radius 2 is 2.00 bits per heavy atom. The number of nitrogens with one attached hydrogen (secondary N) is 2. The van der Waals surface area contributed by atoms with Gasteiger partial charge in [-0.1, -0.05) is 18.2 Å². The fourth-order valence-electron chi connectivity index (χ4n) is 2.07. The number of hydrogen-bond donors (Lipinski definition) is 2. The highest BCUT2D eigenvalue weighted by Gasteiger charge is 2.30. The molecular weight excluding hydrogens is 280 g/mol. The maximum atomic E-state index is 12.4. The first-order chi connectivity index (χ1) is 9.57. The van der Waals surface area contributed by atoms with Crippen LogP contribution in [0.1, 0.15) is 5.56 Å². The minimum absolute atomic E-state index is 0.0234. The number of carbonyl (C=O) groups is 1. The molecule has 8 heteroatoms. The zero-order chi connectivity index (χ0) is 14.2. The standard InChI is InChI=1S/C12H12N4O3S/c17-11-7-16(20(18,19)12-5-13-8-14-12)6-9-3-1-2-4-10(9)15-11/h1-5,8H,6-7H2,(H,13,14)(H,15,17). The highest BCUT2D eigenvalue weighted by Crippen LogP contribution is 2.24. The Bertz CT molecular complexity index is 740. The number of anilines is 1. The molecule has 7 nitrogen and oxygen atoms in total. The van der Waals surface area contributed by atoms with E-state index in [9.17, 15) is 13.2 Å². The van der Waals surface area contributed by atoms with Crippen LogP contribution in [0.15, 0.2) is 41.8 Å². The molecule has 0 unspecified atom stereocenters. The SMILES string of the molecule is O=C1CN(S(=O)(=O)c2cnc[nH]2)Cc2ccccc2N1. The van der Waals surface area contributed by atoms with E-state index in [2.05, 4.69) is 15.3 Å². The summed E-state index contributed by atoms with van der Waals surface area (Å²) in [5.74, 6) is -0.363. The van der Waals surface area contributed by atoms with Gasteiger partial charge in [0.1, 0.15) is 0 Å². The molecule has 0 spiro atoms. The number of carbonyl (C=O) groups excluding carboxylic acids is 1. The van der Waals surface area contributed by atoms with Crippen molar-refractivity contribution in [3.05, 3.63) is 42.4 Å². The maximum Gasteiger partial charge on any atom is 0.260 e. The summed E-state index contributed by atoms with van der Waals surface area (Å²) >= 11 is 0. The maximum absolute atomic E-state index is 12.4. The van der Waals surface area contributed by atoms with Gasteiger partial charge in [-0.2, -0.15) is 4.31 Å². The molecule has 2 heterocycles. The molecule has 2 N–H and O–H groups in total. The van der Waals surface area contributed by atoms with Gasteiger partial charge < -0.3 is 10.3 Å². The first-order valence-electron chi connectivity index (χ1n) is 5.93. The second-order valence-corrected chi connectivity index (χ2v) is 6.30. The molecule has 0 bridgehead atoms. The van der Waals surface area contributed by atoms with Crippen molar-refractivity contribution in [2.24, 2.45) is 0 Å². The van der Waals surface area contributed by atoms with E-state index < -0.39 is 10.0 Å². The molecule has 0 saturated heterocycles. The van der Waals surface area contributed by atoms with Crippen LogP contribution in [0, 0.1) is 0 Å². The quantitative estimate of drug-likeness (QED) is 0.845. The van der Waals surface area contributed by atoms with Gasteiger partial charge in [-0.15, -0.1) is 0 Å². The molecule has 0 atom stereocenters. The molecule has 2 aromatic rings. The van der Waals surface area contributed by atoms with Crippen LogP contribution >= 0.6 is 0 Å². The summed E-state index contributed by atoms with van der Waals surface area (Å²) in [5.41, 5.74) is 1.39. The van der Waals surface area contributed by atoms with Crippen molar-refractivity contribution in [1.82, 2.24) is 14.3 Å². The lowest BCUT2D eigenvalue weighted by Crippen LogP contribution is -2.35. The molecule has 1 aliphatic rings. The Kier molecular flexibility index (Phi) is 3.03. The minimum Gasteiger partial charge on any atom is -0.335 e. The number of aromatic nitrogens is 2. The minimum atomic E-state index is -3.76. The van der Waals surface area contributed by atoms with Crippen molar-refractivity contribution < 1.29 is 13.2 Å². The van der Waals surface area contributed by atoms with Gasteiger partial charge in [0.2, 0.25) is 5.91 Å². The summed E-state index contributed by atoms with van der Waals surface area (Å²) in [6.45, 7) is -0.0910. The number of nitrogens with zero attached hydrogens (tertiary/aromatic N) is 2. The van der Waals surface area contributed by atoms with Crippen molar-refractivity contribution in [2.75, 3.05) is 11.9 Å². The van der Waals surface area contributed by atoms with Crippen LogP contribution in [0.25, 0.3) is 0 Å². The Balaban J connectivity index is 2.01. The summed E-state index contributed by atoms with van der Waals surface area (Å²) in [4.78, 5) is 18.1. The molecule has 3 rings (SSSR count). The number of rotatable bonds is 2. The van der Waals surface area contributed by atoms with Crippen LogP contribution < -0.4 is 5.32 Å². The second kappa shape index (κ2) is 4.73. The van der Waals surface area contributed by atoms with E-state index in [-0.39, 0.29) is 24.0 Å². The van der Waals surface area contributed by atoms with Gasteiger partial charge in [-0.25, -0.2) is 13.4 Å². The summed E-state index contributed by atoms with van der Waals surface area (Å²) < 4.78 is 26.0. The highest BCUT2D eigenvalue weighted by molar-refractivity contribution is 7.89. The van der Waals surface area contributed by atoms with Gasteiger partial charge in [0.15, 0.2) is 5.03 Å². The first kappa shape index (κ1) is 12.8. The normalized spacial score (nSPS) is 16.3. The van der Waals surface area contributed by atoms with Crippen molar-refractivity contribution >= 4 is 21.6 Å². The second-order valence-electron chi connectivity index (χ2n) is 4.39. The van der Waals surface area contributed by atoms with E-state index in [0.717, 1.165) is 9.87 Å². The number of sulfonamides is 1. The van der Waals surface area contributed by atoms with Crippen LogP contribution in [0.5, 0.6) is 0 Å². The zero-order valence-electron chi connectivity index (χ0n) is 10.4. The summed E-state index contributed by atoms with van der Waals surface area (Å²) in [5, 5.41) is 2.68. The number of H-pyrrole nitrogens is 1. The van der Waals surface area contributed by atoms with Gasteiger partial charge in [0, 0.05) is 12.2 Å². The Morgan fingerprint density at radius 3 is 2.75 bits per heavy atom. The van der Waals surface area contributed by atoms with Crippen molar-refractivity contribution in [3.63, 3.8) is 0 Å². The van der Waals surface area contributed by atoms with E-state index in [4.69, 9.17) is 0 Å². The third-order valence-electron chi connectivity index (χ3n) is 3.05. The molecule has 1 aromatic heterocycles. The number of benzene rings is 1. The van der Waals surface area contributed by atoms with Crippen LogP contribution in [-0.4, -0.2) is 35.1 Å². The first-order valence-corrected chi connectivity index (χ1v) is 7.37. The Labute approximate surface area is 115 Å². The molecule has 20 heavy (non-hydrogen) atoms. The molecule has 104 valence electrons. The van der Waals surface area contributed by atoms with E-state index in [1.54, 1.807) is 24.3 Å². The average molecular weight is 292 g/mol. The lowest BCUT2D eigenvalue weighted by molar-refractivity contribution is -0.116. The molecule has 0 aliphatic carbocycles. The number of hydrogen-bond acceptors (Lipinski definition) is 4. The number of fused-ring (bicyclic) bond motifs is 1. The van der Waals surface area contributed by atoms with E-state index in [1.165, 1.54) is 12.5 Å². The Morgan fingerprint density at radius 1 is 1.20 bits per heavy atom. The van der Waals surface area contributed by atoms with E-state index in [1.807, 2.05) is 0 Å². The predicted octanol–water partition coefficient (Wildman–Crippen LogP) is 0.553. The monoisotopic (exact) mass is 292 g/mol. The number of aromatic amines is 1. The lowest BCUT2D eigenvalue weighted by Gasteiger charge is -2.17. The molecule has 1 aliphatic heterocycles. The summed E-state index contributed by atoms with van der Waals surface area (Å²) in [6, 6.07) is 7.13. The summed E-state index contributed by atoms with van der Waals surface area (Å²) in [7, 11) is -3.76. The smallest absolute Gasteiger partial charge is 0.260 e. The predicted molar refractivity (Wildman–Crippen MR) is 71.3 cm³/mol. The zero-order valence-corrected chi connectivity index (χ0v) is 11.2. The number of para-hydroxylation sites is 1. The fourth-order valence-corrected chi connectivity index (χ4v) is 3.34. The van der Waals surface area contributed by atoms with Crippen molar-refractivity contribution in [2.45, 2.75) is 11.6 Å². The highest BCUT2D eigenvalue weighted by atomic mass is 32.2. The molecule has 1 aromatic carbocycles. The van der Waals surface area contributed by atoms with Gasteiger partial charge in [0.25, 0.3) is 10.0 Å². The largest absolute Gasteiger partial charge is 0.335 e. The van der Waals surface area contributed by atoms with Crippen LogP contribution in [0.3, 0.4) is 0 Å². The van der Waals surface area contributed by atoms with Gasteiger partial charge in [-0.3, -0.25) is 4.79 Å². The molecular formula is C12H12N4O3S. The summed E-state index contributed by atoms with van der Waals surface area (Å²) in [6.07, 6.45) is 2.52. The van der Waals surface area contributed by atoms with Crippen LogP contribution in [0.4, 0.5) is 5.69 Å². The number of imidazole rings is 1. The average Bonchev–Trinajstić information content (AvgIpc) is 2.89. The van der Waals surface area contributed by atoms with Crippen LogP contribution in [0.2, 0.25) is 0 Å². The van der Waals surface area contributed by atoms with Crippen LogP contribution in [-0.2, 0) is 21.4 Å². The third-order valence-corrected chi connectivity index (χ3v) is 4.77. The Hall–Kier alpha value is -2.19. The van der Waals surface area contributed by atoms with Crippen molar-refractivity contribution in [1.29, 1.82) is 0 Å². The lowest BCUT2D eigenvalue weighted by atomic mass is 10.2. The topological polar surface area (TPSA) is 95.2 Å². The van der Waals surface area contributed by atoms with E-state index >= 15 is 0 Å². The van der Waals surface area contributed by atoms with Gasteiger partial charge >= 0.3 is 0 Å². The molecule has 0 radical (unpaired) electrons. The fraction of sp³-hybridized carbons (Fsp3) is 0.167. The van der Waals surface area contributed by atoms with Gasteiger partial charge in [0.05, 0.1) is 19.1 Å². The van der Waals surface area contributed by atoms with Crippen molar-refractivity contribution in [3.8, 4) is 0 Å².